The molecule has 3 aromatic rings. The number of aromatic nitrogens is 4. The lowest BCUT2D eigenvalue weighted by Crippen LogP contribution is -2.26. The minimum atomic E-state index is 0.0183. The van der Waals surface area contributed by atoms with Crippen LogP contribution in [0.15, 0.2) is 35.1 Å². The van der Waals surface area contributed by atoms with Gasteiger partial charge in [0, 0.05) is 23.3 Å². The summed E-state index contributed by atoms with van der Waals surface area (Å²) in [6.45, 7) is 6.87. The molecule has 0 radical (unpaired) electrons. The Balaban J connectivity index is 1.41. The number of thioether (sulfide) groups is 1. The Labute approximate surface area is 173 Å². The van der Waals surface area contributed by atoms with Crippen LogP contribution in [0, 0.1) is 20.8 Å². The van der Waals surface area contributed by atoms with Gasteiger partial charge in [-0.15, -0.1) is 21.5 Å². The molecule has 6 nitrogen and oxygen atoms in total. The van der Waals surface area contributed by atoms with Crippen molar-refractivity contribution >= 4 is 29.0 Å². The first kappa shape index (κ1) is 20.5. The first-order valence-electron chi connectivity index (χ1n) is 9.31. The maximum atomic E-state index is 12.1. The average molecular weight is 416 g/mol. The molecule has 2 heterocycles. The largest absolute Gasteiger partial charge is 0.355 e. The van der Waals surface area contributed by atoms with Crippen molar-refractivity contribution in [1.82, 2.24) is 25.1 Å². The molecule has 148 valence electrons. The number of thiazole rings is 1. The number of carbonyl (C=O) groups excluding carboxylic acids is 1. The quantitative estimate of drug-likeness (QED) is 0.424. The van der Waals surface area contributed by atoms with Crippen molar-refractivity contribution in [2.24, 2.45) is 0 Å². The number of hydrogen-bond donors (Lipinski definition) is 1. The maximum absolute atomic E-state index is 12.1. The fraction of sp³-hybridized carbons (Fsp3) is 0.400. The standard InChI is InChI=1S/C20H25N5OS2/c1-14-7-8-17(10-15(14)2)25-13-22-24-20(25)28-12-18(26)21-9-5-4-6-19-23-16(3)11-27-19/h7-8,10-11,13H,4-6,9,12H2,1-3H3,(H,21,26). The van der Waals surface area contributed by atoms with E-state index in [9.17, 15) is 4.79 Å². The van der Waals surface area contributed by atoms with E-state index in [1.807, 2.05) is 17.6 Å². The maximum Gasteiger partial charge on any atom is 0.230 e. The number of hydrogen-bond acceptors (Lipinski definition) is 6. The lowest BCUT2D eigenvalue weighted by Gasteiger charge is -2.09. The molecule has 2 aromatic heterocycles. The molecule has 0 unspecified atom stereocenters. The van der Waals surface area contributed by atoms with Crippen molar-refractivity contribution < 1.29 is 4.79 Å². The fourth-order valence-electron chi connectivity index (χ4n) is 2.70. The normalized spacial score (nSPS) is 11.0. The number of carbonyl (C=O) groups is 1. The molecule has 0 bridgehead atoms. The minimum Gasteiger partial charge on any atom is -0.355 e. The van der Waals surface area contributed by atoms with Gasteiger partial charge in [-0.2, -0.15) is 0 Å². The summed E-state index contributed by atoms with van der Waals surface area (Å²) in [6, 6.07) is 6.23. The van der Waals surface area contributed by atoms with E-state index in [1.54, 1.807) is 17.7 Å². The smallest absolute Gasteiger partial charge is 0.230 e. The first-order chi connectivity index (χ1) is 13.5. The van der Waals surface area contributed by atoms with Gasteiger partial charge >= 0.3 is 0 Å². The zero-order chi connectivity index (χ0) is 19.9. The van der Waals surface area contributed by atoms with Gasteiger partial charge in [-0.25, -0.2) is 4.98 Å². The molecular formula is C20H25N5OS2. The van der Waals surface area contributed by atoms with E-state index in [1.165, 1.54) is 27.9 Å². The lowest BCUT2D eigenvalue weighted by atomic mass is 10.1. The molecule has 0 spiro atoms. The van der Waals surface area contributed by atoms with E-state index in [2.05, 4.69) is 51.9 Å². The van der Waals surface area contributed by atoms with E-state index in [4.69, 9.17) is 0 Å². The number of unbranched alkanes of at least 4 members (excludes halogenated alkanes) is 1. The summed E-state index contributed by atoms with van der Waals surface area (Å²) in [5.74, 6) is 0.347. The molecule has 0 fully saturated rings. The van der Waals surface area contributed by atoms with Gasteiger partial charge in [-0.05, 0) is 63.3 Å². The molecule has 3 rings (SSSR count). The topological polar surface area (TPSA) is 72.7 Å². The summed E-state index contributed by atoms with van der Waals surface area (Å²) in [6.07, 6.45) is 4.64. The predicted molar refractivity (Wildman–Crippen MR) is 114 cm³/mol. The summed E-state index contributed by atoms with van der Waals surface area (Å²) in [5, 5.41) is 15.1. The highest BCUT2D eigenvalue weighted by Gasteiger charge is 2.10. The summed E-state index contributed by atoms with van der Waals surface area (Å²) in [5.41, 5.74) is 4.55. The first-order valence-corrected chi connectivity index (χ1v) is 11.2. The van der Waals surface area contributed by atoms with Crippen LogP contribution in [0.1, 0.15) is 34.7 Å². The van der Waals surface area contributed by atoms with Crippen LogP contribution in [0.25, 0.3) is 5.69 Å². The second-order valence-corrected chi connectivity index (χ2v) is 8.62. The molecule has 0 saturated heterocycles. The van der Waals surface area contributed by atoms with E-state index in [-0.39, 0.29) is 5.91 Å². The minimum absolute atomic E-state index is 0.0183. The second-order valence-electron chi connectivity index (χ2n) is 6.73. The number of benzene rings is 1. The second kappa shape index (κ2) is 9.84. The van der Waals surface area contributed by atoms with E-state index in [0.29, 0.717) is 12.3 Å². The van der Waals surface area contributed by atoms with Gasteiger partial charge in [-0.1, -0.05) is 17.8 Å². The van der Waals surface area contributed by atoms with Gasteiger partial charge in [-0.3, -0.25) is 9.36 Å². The third-order valence-corrected chi connectivity index (χ3v) is 6.39. The van der Waals surface area contributed by atoms with Crippen molar-refractivity contribution in [2.45, 2.75) is 45.2 Å². The van der Waals surface area contributed by atoms with Crippen LogP contribution in [-0.4, -0.2) is 38.0 Å². The molecule has 1 amide bonds. The molecule has 0 saturated carbocycles. The van der Waals surface area contributed by atoms with Crippen molar-refractivity contribution in [3.63, 3.8) is 0 Å². The molecule has 0 aliphatic carbocycles. The number of rotatable bonds is 9. The van der Waals surface area contributed by atoms with Crippen molar-refractivity contribution in [1.29, 1.82) is 0 Å². The summed E-state index contributed by atoms with van der Waals surface area (Å²) >= 11 is 3.10. The summed E-state index contributed by atoms with van der Waals surface area (Å²) in [4.78, 5) is 16.6. The average Bonchev–Trinajstić information content (AvgIpc) is 3.31. The van der Waals surface area contributed by atoms with E-state index >= 15 is 0 Å². The van der Waals surface area contributed by atoms with Crippen LogP contribution in [0.2, 0.25) is 0 Å². The third kappa shape index (κ3) is 5.65. The van der Waals surface area contributed by atoms with Gasteiger partial charge in [0.2, 0.25) is 5.91 Å². The highest BCUT2D eigenvalue weighted by molar-refractivity contribution is 7.99. The number of aryl methyl sites for hydroxylation is 4. The van der Waals surface area contributed by atoms with Crippen LogP contribution in [0.5, 0.6) is 0 Å². The van der Waals surface area contributed by atoms with E-state index in [0.717, 1.165) is 35.8 Å². The monoisotopic (exact) mass is 415 g/mol. The zero-order valence-corrected chi connectivity index (χ0v) is 18.1. The van der Waals surface area contributed by atoms with Crippen molar-refractivity contribution in [2.75, 3.05) is 12.3 Å². The Morgan fingerprint density at radius 2 is 2.07 bits per heavy atom. The van der Waals surface area contributed by atoms with Gasteiger partial charge in [0.05, 0.1) is 10.8 Å². The van der Waals surface area contributed by atoms with Gasteiger partial charge in [0.15, 0.2) is 5.16 Å². The predicted octanol–water partition coefficient (Wildman–Crippen LogP) is 3.88. The van der Waals surface area contributed by atoms with Crippen LogP contribution in [0.4, 0.5) is 0 Å². The lowest BCUT2D eigenvalue weighted by molar-refractivity contribution is -0.118. The summed E-state index contributed by atoms with van der Waals surface area (Å²) < 4.78 is 1.92. The Bertz CT molecular complexity index is 934. The van der Waals surface area contributed by atoms with Crippen LogP contribution in [0.3, 0.4) is 0 Å². The number of nitrogens with zero attached hydrogens (tertiary/aromatic N) is 4. The van der Waals surface area contributed by atoms with Crippen molar-refractivity contribution in [3.05, 3.63) is 51.7 Å². The third-order valence-electron chi connectivity index (χ3n) is 4.42. The Morgan fingerprint density at radius 3 is 2.82 bits per heavy atom. The summed E-state index contributed by atoms with van der Waals surface area (Å²) in [7, 11) is 0. The van der Waals surface area contributed by atoms with Crippen LogP contribution >= 0.6 is 23.1 Å². The Hall–Kier alpha value is -2.19. The molecule has 1 N–H and O–H groups in total. The molecule has 28 heavy (non-hydrogen) atoms. The Kier molecular flexibility index (Phi) is 7.22. The molecular weight excluding hydrogens is 390 g/mol. The number of amides is 1. The van der Waals surface area contributed by atoms with Crippen molar-refractivity contribution in [3.8, 4) is 5.69 Å². The Morgan fingerprint density at radius 1 is 1.21 bits per heavy atom. The molecule has 0 atom stereocenters. The van der Waals surface area contributed by atoms with Crippen LogP contribution in [-0.2, 0) is 11.2 Å². The molecule has 8 heteroatoms. The van der Waals surface area contributed by atoms with Gasteiger partial charge in [0.1, 0.15) is 6.33 Å². The SMILES string of the molecule is Cc1csc(CCCCNC(=O)CSc2nncn2-c2ccc(C)c(C)c2)n1. The molecule has 1 aromatic carbocycles. The fourth-order valence-corrected chi connectivity index (χ4v) is 4.28. The highest BCUT2D eigenvalue weighted by atomic mass is 32.2. The van der Waals surface area contributed by atoms with Crippen LogP contribution < -0.4 is 5.32 Å². The molecule has 0 aliphatic rings. The zero-order valence-electron chi connectivity index (χ0n) is 16.4. The van der Waals surface area contributed by atoms with Gasteiger partial charge in [0.25, 0.3) is 0 Å². The highest BCUT2D eigenvalue weighted by Crippen LogP contribution is 2.21. The van der Waals surface area contributed by atoms with Gasteiger partial charge < -0.3 is 5.32 Å². The number of nitrogens with one attached hydrogen (secondary N) is 1. The molecule has 0 aliphatic heterocycles. The van der Waals surface area contributed by atoms with E-state index < -0.39 is 0 Å².